The highest BCUT2D eigenvalue weighted by Gasteiger charge is 2.36. The fourth-order valence-electron chi connectivity index (χ4n) is 5.51. The lowest BCUT2D eigenvalue weighted by Crippen LogP contribution is -2.28. The number of carbonyl (C=O) groups is 2. The Bertz CT molecular complexity index is 691. The Morgan fingerprint density at radius 2 is 1.30 bits per heavy atom. The molecule has 1 fully saturated rings. The van der Waals surface area contributed by atoms with Gasteiger partial charge in [-0.05, 0) is 44.4 Å². The minimum atomic E-state index is -0.777. The number of hydrogen-bond acceptors (Lipinski definition) is 6. The first-order valence-electron chi connectivity index (χ1n) is 18.2. The molecule has 1 heterocycles. The molecule has 0 aliphatic carbocycles. The third kappa shape index (κ3) is 25.6. The quantitative estimate of drug-likeness (QED) is 0.0365. The van der Waals surface area contributed by atoms with Crippen LogP contribution >= 0.6 is 0 Å². The smallest absolute Gasteiger partial charge is 0.306 e. The summed E-state index contributed by atoms with van der Waals surface area (Å²) in [6.45, 7) is 6.42. The van der Waals surface area contributed by atoms with Crippen molar-refractivity contribution in [3.05, 3.63) is 12.2 Å². The molecule has 0 bridgehead atoms. The molecule has 2 unspecified atom stereocenters. The number of unbranched alkanes of at least 4 members (excludes halogenated alkanes) is 16. The van der Waals surface area contributed by atoms with Crippen LogP contribution < -0.4 is 0 Å². The fraction of sp³-hybridized carbons (Fsp3) is 0.892. The number of epoxide rings is 1. The van der Waals surface area contributed by atoms with Gasteiger partial charge in [-0.3, -0.25) is 9.59 Å². The van der Waals surface area contributed by atoms with Gasteiger partial charge in [0.25, 0.3) is 0 Å². The van der Waals surface area contributed by atoms with Gasteiger partial charge in [0.1, 0.15) is 6.61 Å². The molecule has 0 spiro atoms. The summed E-state index contributed by atoms with van der Waals surface area (Å²) in [6, 6.07) is 0. The average molecular weight is 609 g/mol. The highest BCUT2D eigenvalue weighted by molar-refractivity contribution is 5.70. The SMILES string of the molecule is CCCCCC1OC1C/C=C\CCCCCCCC(=O)O[C@@H](CO)COC(=O)CCCCCCCCCCCCC(C)C. The number of aliphatic hydroxyl groups is 1. The lowest BCUT2D eigenvalue weighted by Gasteiger charge is -2.15. The Labute approximate surface area is 265 Å². The van der Waals surface area contributed by atoms with Gasteiger partial charge in [-0.15, -0.1) is 0 Å². The van der Waals surface area contributed by atoms with Crippen molar-refractivity contribution in [2.24, 2.45) is 5.92 Å². The van der Waals surface area contributed by atoms with Crippen LogP contribution in [-0.2, 0) is 23.8 Å². The van der Waals surface area contributed by atoms with Gasteiger partial charge in [-0.1, -0.05) is 136 Å². The number of hydrogen-bond donors (Lipinski definition) is 1. The predicted molar refractivity (Wildman–Crippen MR) is 177 cm³/mol. The van der Waals surface area contributed by atoms with Crippen LogP contribution in [0.3, 0.4) is 0 Å². The van der Waals surface area contributed by atoms with Gasteiger partial charge < -0.3 is 19.3 Å². The second-order valence-electron chi connectivity index (χ2n) is 13.2. The molecule has 0 amide bonds. The summed E-state index contributed by atoms with van der Waals surface area (Å²) >= 11 is 0. The first-order chi connectivity index (χ1) is 21.0. The number of ether oxygens (including phenoxy) is 3. The number of carbonyl (C=O) groups excluding carboxylic acids is 2. The van der Waals surface area contributed by atoms with E-state index in [1.54, 1.807) is 0 Å². The number of allylic oxidation sites excluding steroid dienone is 1. The highest BCUT2D eigenvalue weighted by Crippen LogP contribution is 2.30. The van der Waals surface area contributed by atoms with Crippen LogP contribution in [0.2, 0.25) is 0 Å². The van der Waals surface area contributed by atoms with Crippen LogP contribution in [0.15, 0.2) is 12.2 Å². The minimum Gasteiger partial charge on any atom is -0.462 e. The third-order valence-corrected chi connectivity index (χ3v) is 8.41. The number of esters is 2. The summed E-state index contributed by atoms with van der Waals surface area (Å²) in [7, 11) is 0. The topological polar surface area (TPSA) is 85.4 Å². The normalized spacial score (nSPS) is 17.0. The second kappa shape index (κ2) is 28.1. The second-order valence-corrected chi connectivity index (χ2v) is 13.2. The van der Waals surface area contributed by atoms with Crippen LogP contribution in [-0.4, -0.2) is 48.6 Å². The molecular weight excluding hydrogens is 540 g/mol. The maximum Gasteiger partial charge on any atom is 0.306 e. The molecule has 0 aromatic rings. The standard InChI is InChI=1S/C37H68O6/c1-4-5-20-26-34-35(43-34)27-22-17-13-10-11-15-19-24-29-37(40)42-33(30-38)31-41-36(39)28-23-18-14-9-7-6-8-12-16-21-25-32(2)3/h17,22,32-35,38H,4-16,18-21,23-31H2,1-3H3/b22-17-/t33-,34?,35?/m0/s1. The number of aliphatic hydroxyl groups excluding tert-OH is 1. The van der Waals surface area contributed by atoms with Crippen molar-refractivity contribution in [1.82, 2.24) is 0 Å². The maximum absolute atomic E-state index is 12.1. The molecule has 0 aromatic heterocycles. The lowest BCUT2D eigenvalue weighted by molar-refractivity contribution is -0.161. The molecule has 1 saturated heterocycles. The minimum absolute atomic E-state index is 0.0713. The molecule has 1 rings (SSSR count). The maximum atomic E-state index is 12.1. The van der Waals surface area contributed by atoms with E-state index in [1.165, 1.54) is 83.5 Å². The summed E-state index contributed by atoms with van der Waals surface area (Å²) in [5.41, 5.74) is 0. The van der Waals surface area contributed by atoms with Gasteiger partial charge in [-0.25, -0.2) is 0 Å². The fourth-order valence-corrected chi connectivity index (χ4v) is 5.51. The molecule has 0 aromatic carbocycles. The van der Waals surface area contributed by atoms with Crippen molar-refractivity contribution in [1.29, 1.82) is 0 Å². The summed E-state index contributed by atoms with van der Waals surface area (Å²) in [6.07, 6.45) is 31.5. The zero-order chi connectivity index (χ0) is 31.4. The zero-order valence-electron chi connectivity index (χ0n) is 28.3. The molecule has 0 saturated carbocycles. The molecule has 43 heavy (non-hydrogen) atoms. The average Bonchev–Trinajstić information content (AvgIpc) is 3.74. The largest absolute Gasteiger partial charge is 0.462 e. The van der Waals surface area contributed by atoms with E-state index in [2.05, 4.69) is 32.9 Å². The Balaban J connectivity index is 1.89. The van der Waals surface area contributed by atoms with Crippen LogP contribution in [0.1, 0.15) is 175 Å². The van der Waals surface area contributed by atoms with Crippen LogP contribution in [0.4, 0.5) is 0 Å². The Morgan fingerprint density at radius 1 is 0.721 bits per heavy atom. The van der Waals surface area contributed by atoms with Crippen molar-refractivity contribution < 1.29 is 28.9 Å². The van der Waals surface area contributed by atoms with E-state index in [0.717, 1.165) is 63.7 Å². The van der Waals surface area contributed by atoms with Gasteiger partial charge in [-0.2, -0.15) is 0 Å². The molecule has 3 atom stereocenters. The van der Waals surface area contributed by atoms with Crippen molar-refractivity contribution in [2.45, 2.75) is 193 Å². The molecule has 1 aliphatic rings. The molecular formula is C37H68O6. The monoisotopic (exact) mass is 609 g/mol. The molecule has 6 nitrogen and oxygen atoms in total. The van der Waals surface area contributed by atoms with E-state index in [1.807, 2.05) is 0 Å². The Morgan fingerprint density at radius 3 is 1.91 bits per heavy atom. The molecule has 1 aliphatic heterocycles. The molecule has 1 N–H and O–H groups in total. The van der Waals surface area contributed by atoms with Crippen molar-refractivity contribution in [2.75, 3.05) is 13.2 Å². The van der Waals surface area contributed by atoms with Crippen molar-refractivity contribution >= 4 is 11.9 Å². The summed E-state index contributed by atoms with van der Waals surface area (Å²) in [4.78, 5) is 24.2. The van der Waals surface area contributed by atoms with Crippen LogP contribution in [0.25, 0.3) is 0 Å². The van der Waals surface area contributed by atoms with E-state index in [9.17, 15) is 14.7 Å². The first kappa shape index (κ1) is 39.6. The number of rotatable bonds is 31. The first-order valence-corrected chi connectivity index (χ1v) is 18.2. The van der Waals surface area contributed by atoms with Gasteiger partial charge in [0.2, 0.25) is 0 Å². The van der Waals surface area contributed by atoms with Gasteiger partial charge >= 0.3 is 11.9 Å². The van der Waals surface area contributed by atoms with Gasteiger partial charge in [0, 0.05) is 12.8 Å². The van der Waals surface area contributed by atoms with E-state index < -0.39 is 6.10 Å². The van der Waals surface area contributed by atoms with E-state index in [0.29, 0.717) is 25.0 Å². The van der Waals surface area contributed by atoms with Crippen LogP contribution in [0, 0.1) is 5.92 Å². The molecule has 0 radical (unpaired) electrons. The molecule has 6 heteroatoms. The summed E-state index contributed by atoms with van der Waals surface area (Å²) < 4.78 is 16.3. The van der Waals surface area contributed by atoms with Crippen molar-refractivity contribution in [3.63, 3.8) is 0 Å². The van der Waals surface area contributed by atoms with E-state index in [4.69, 9.17) is 14.2 Å². The van der Waals surface area contributed by atoms with Gasteiger partial charge in [0.15, 0.2) is 6.10 Å². The summed E-state index contributed by atoms with van der Waals surface area (Å²) in [5, 5.41) is 9.53. The Kier molecular flexibility index (Phi) is 25.9. The zero-order valence-corrected chi connectivity index (χ0v) is 28.3. The predicted octanol–water partition coefficient (Wildman–Crippen LogP) is 9.80. The molecule has 252 valence electrons. The van der Waals surface area contributed by atoms with Gasteiger partial charge in [0.05, 0.1) is 18.8 Å². The third-order valence-electron chi connectivity index (χ3n) is 8.41. The van der Waals surface area contributed by atoms with E-state index in [-0.39, 0.29) is 25.2 Å². The lowest BCUT2D eigenvalue weighted by atomic mass is 10.0. The van der Waals surface area contributed by atoms with Crippen molar-refractivity contribution in [3.8, 4) is 0 Å². The highest BCUT2D eigenvalue weighted by atomic mass is 16.6. The van der Waals surface area contributed by atoms with Crippen LogP contribution in [0.5, 0.6) is 0 Å². The van der Waals surface area contributed by atoms with E-state index >= 15 is 0 Å². The summed E-state index contributed by atoms with van der Waals surface area (Å²) in [5.74, 6) is 0.216. The Hall–Kier alpha value is -1.40.